The van der Waals surface area contributed by atoms with Gasteiger partial charge in [-0.15, -0.1) is 10.2 Å². The van der Waals surface area contributed by atoms with E-state index in [1.807, 2.05) is 6.07 Å². The quantitative estimate of drug-likeness (QED) is 0.904. The molecule has 1 saturated heterocycles. The van der Waals surface area contributed by atoms with Gasteiger partial charge in [0.05, 0.1) is 18.7 Å². The number of aromatic nitrogens is 2. The monoisotopic (exact) mass is 332 g/mol. The van der Waals surface area contributed by atoms with Crippen LogP contribution in [0.2, 0.25) is 0 Å². The van der Waals surface area contributed by atoms with Crippen molar-refractivity contribution in [3.05, 3.63) is 29.2 Å². The highest BCUT2D eigenvalue weighted by Gasteiger charge is 2.35. The summed E-state index contributed by atoms with van der Waals surface area (Å²) in [6.45, 7) is 0.805. The summed E-state index contributed by atoms with van der Waals surface area (Å²) in [6.07, 6.45) is 4.11. The largest absolute Gasteiger partial charge is 0.467 e. The average molecular weight is 332 g/mol. The van der Waals surface area contributed by atoms with Crippen LogP contribution in [0.25, 0.3) is 0 Å². The molecule has 7 nitrogen and oxygen atoms in total. The first-order chi connectivity index (χ1) is 11.2. The van der Waals surface area contributed by atoms with Gasteiger partial charge in [-0.3, -0.25) is 9.59 Å². The van der Waals surface area contributed by atoms with Crippen LogP contribution < -0.4 is 5.32 Å². The number of nitrogens with zero attached hydrogens (tertiary/aromatic N) is 3. The van der Waals surface area contributed by atoms with Gasteiger partial charge in [-0.1, -0.05) is 11.3 Å². The minimum Gasteiger partial charge on any atom is -0.467 e. The van der Waals surface area contributed by atoms with Gasteiger partial charge < -0.3 is 14.6 Å². The molecule has 1 aliphatic carbocycles. The zero-order chi connectivity index (χ0) is 15.8. The van der Waals surface area contributed by atoms with E-state index in [2.05, 4.69) is 15.5 Å². The Morgan fingerprint density at radius 3 is 3.04 bits per heavy atom. The number of amides is 2. The van der Waals surface area contributed by atoms with Crippen LogP contribution in [0, 0.1) is 5.92 Å². The van der Waals surface area contributed by atoms with Crippen LogP contribution in [0.3, 0.4) is 0 Å². The van der Waals surface area contributed by atoms with Gasteiger partial charge >= 0.3 is 0 Å². The molecular weight excluding hydrogens is 316 g/mol. The highest BCUT2D eigenvalue weighted by molar-refractivity contribution is 7.15. The molecular formula is C15H16N4O3S. The van der Waals surface area contributed by atoms with E-state index in [1.165, 1.54) is 11.3 Å². The molecule has 120 valence electrons. The lowest BCUT2D eigenvalue weighted by Gasteiger charge is -2.14. The number of furan rings is 1. The molecule has 2 aliphatic rings. The summed E-state index contributed by atoms with van der Waals surface area (Å²) in [4.78, 5) is 26.0. The van der Waals surface area contributed by atoms with E-state index >= 15 is 0 Å². The fourth-order valence-electron chi connectivity index (χ4n) is 2.68. The zero-order valence-corrected chi connectivity index (χ0v) is 13.2. The Morgan fingerprint density at radius 2 is 2.30 bits per heavy atom. The second-order valence-corrected chi connectivity index (χ2v) is 6.97. The molecule has 0 radical (unpaired) electrons. The van der Waals surface area contributed by atoms with Crippen LogP contribution in [0.1, 0.15) is 35.9 Å². The van der Waals surface area contributed by atoms with Crippen LogP contribution >= 0.6 is 11.3 Å². The maximum Gasteiger partial charge on any atom is 0.231 e. The molecule has 2 aromatic rings. The Hall–Kier alpha value is -2.22. The topological polar surface area (TPSA) is 88.3 Å². The second kappa shape index (κ2) is 5.77. The molecule has 0 unspecified atom stereocenters. The van der Waals surface area contributed by atoms with Crippen molar-refractivity contribution < 1.29 is 14.0 Å². The number of likely N-dealkylation sites (tertiary alicyclic amines) is 1. The number of rotatable bonds is 5. The van der Waals surface area contributed by atoms with Gasteiger partial charge in [0.25, 0.3) is 0 Å². The fraction of sp³-hybridized carbons (Fsp3) is 0.467. The SMILES string of the molecule is O=C(Nc1nnc(C2CC2)s1)[C@@H]1CC(=O)N(Cc2ccco2)C1. The summed E-state index contributed by atoms with van der Waals surface area (Å²) in [5.41, 5.74) is 0. The molecule has 8 heteroatoms. The highest BCUT2D eigenvalue weighted by Crippen LogP contribution is 2.42. The van der Waals surface area contributed by atoms with Crippen LogP contribution in [-0.4, -0.2) is 33.5 Å². The van der Waals surface area contributed by atoms with Crippen LogP contribution in [0.15, 0.2) is 22.8 Å². The van der Waals surface area contributed by atoms with Gasteiger partial charge in [0, 0.05) is 18.9 Å². The third-order valence-corrected chi connectivity index (χ3v) is 5.11. The summed E-state index contributed by atoms with van der Waals surface area (Å²) in [5.74, 6) is 0.689. The third-order valence-electron chi connectivity index (χ3n) is 4.11. The summed E-state index contributed by atoms with van der Waals surface area (Å²) < 4.78 is 5.26. The first-order valence-electron chi connectivity index (χ1n) is 7.63. The predicted molar refractivity (Wildman–Crippen MR) is 82.7 cm³/mol. The summed E-state index contributed by atoms with van der Waals surface area (Å²) >= 11 is 1.43. The van der Waals surface area contributed by atoms with Crippen LogP contribution in [0.5, 0.6) is 0 Å². The molecule has 1 N–H and O–H groups in total. The molecule has 2 fully saturated rings. The first-order valence-corrected chi connectivity index (χ1v) is 8.45. The van der Waals surface area contributed by atoms with Crippen molar-refractivity contribution in [1.82, 2.24) is 15.1 Å². The Bertz CT molecular complexity index is 723. The number of hydrogen-bond acceptors (Lipinski definition) is 6. The number of hydrogen-bond donors (Lipinski definition) is 1. The molecule has 0 bridgehead atoms. The van der Waals surface area contributed by atoms with Gasteiger partial charge in [0.1, 0.15) is 10.8 Å². The lowest BCUT2D eigenvalue weighted by atomic mass is 10.1. The van der Waals surface area contributed by atoms with E-state index in [4.69, 9.17) is 4.42 Å². The molecule has 2 aromatic heterocycles. The maximum absolute atomic E-state index is 12.3. The predicted octanol–water partition coefficient (Wildman–Crippen LogP) is 2.00. The standard InChI is InChI=1S/C15H16N4O3S/c20-12-6-10(7-19(12)8-11-2-1-5-22-11)13(21)16-15-18-17-14(23-15)9-3-4-9/h1-2,5,9-10H,3-4,6-8H2,(H,16,18,21)/t10-/m1/s1. The van der Waals surface area contributed by atoms with Gasteiger partial charge in [-0.25, -0.2) is 0 Å². The first kappa shape index (κ1) is 14.4. The average Bonchev–Trinajstić information content (AvgIpc) is 2.93. The molecule has 4 rings (SSSR count). The molecule has 0 spiro atoms. The van der Waals surface area contributed by atoms with Crippen molar-refractivity contribution >= 4 is 28.3 Å². The molecule has 23 heavy (non-hydrogen) atoms. The summed E-state index contributed by atoms with van der Waals surface area (Å²) in [5, 5.41) is 12.4. The molecule has 1 saturated carbocycles. The van der Waals surface area contributed by atoms with E-state index in [0.29, 0.717) is 24.1 Å². The molecule has 1 atom stereocenters. The zero-order valence-electron chi connectivity index (χ0n) is 12.4. The van der Waals surface area contributed by atoms with E-state index in [1.54, 1.807) is 17.2 Å². The van der Waals surface area contributed by atoms with Crippen molar-refractivity contribution in [3.8, 4) is 0 Å². The Kier molecular flexibility index (Phi) is 3.60. The Labute approximate surface area is 136 Å². The summed E-state index contributed by atoms with van der Waals surface area (Å²) in [6, 6.07) is 3.61. The minimum atomic E-state index is -0.356. The smallest absolute Gasteiger partial charge is 0.231 e. The number of nitrogens with one attached hydrogen (secondary N) is 1. The fourth-order valence-corrected chi connectivity index (χ4v) is 3.59. The van der Waals surface area contributed by atoms with Crippen LogP contribution in [0.4, 0.5) is 5.13 Å². The maximum atomic E-state index is 12.3. The third kappa shape index (κ3) is 3.12. The van der Waals surface area contributed by atoms with Gasteiger partial charge in [-0.2, -0.15) is 0 Å². The normalized spacial score (nSPS) is 21.0. The highest BCUT2D eigenvalue weighted by atomic mass is 32.1. The number of carbonyl (C=O) groups is 2. The summed E-state index contributed by atoms with van der Waals surface area (Å²) in [7, 11) is 0. The van der Waals surface area contributed by atoms with Crippen molar-refractivity contribution in [2.24, 2.45) is 5.92 Å². The Morgan fingerprint density at radius 1 is 1.43 bits per heavy atom. The second-order valence-electron chi connectivity index (χ2n) is 5.96. The van der Waals surface area contributed by atoms with Gasteiger partial charge in [0.15, 0.2) is 0 Å². The van der Waals surface area contributed by atoms with E-state index in [9.17, 15) is 9.59 Å². The van der Waals surface area contributed by atoms with Gasteiger partial charge in [0.2, 0.25) is 16.9 Å². The lowest BCUT2D eigenvalue weighted by molar-refractivity contribution is -0.128. The minimum absolute atomic E-state index is 0.0301. The van der Waals surface area contributed by atoms with Crippen molar-refractivity contribution in [2.45, 2.75) is 31.7 Å². The van der Waals surface area contributed by atoms with E-state index < -0.39 is 0 Å². The number of carbonyl (C=O) groups excluding carboxylic acids is 2. The molecule has 3 heterocycles. The van der Waals surface area contributed by atoms with Crippen molar-refractivity contribution in [1.29, 1.82) is 0 Å². The Balaban J connectivity index is 1.35. The van der Waals surface area contributed by atoms with Crippen molar-refractivity contribution in [2.75, 3.05) is 11.9 Å². The van der Waals surface area contributed by atoms with Crippen LogP contribution in [-0.2, 0) is 16.1 Å². The molecule has 2 amide bonds. The van der Waals surface area contributed by atoms with E-state index in [0.717, 1.165) is 23.6 Å². The van der Waals surface area contributed by atoms with Gasteiger partial charge in [-0.05, 0) is 25.0 Å². The molecule has 1 aliphatic heterocycles. The van der Waals surface area contributed by atoms with E-state index in [-0.39, 0.29) is 24.2 Å². The number of anilines is 1. The van der Waals surface area contributed by atoms with Crippen molar-refractivity contribution in [3.63, 3.8) is 0 Å². The lowest BCUT2D eigenvalue weighted by Crippen LogP contribution is -2.27. The molecule has 0 aromatic carbocycles.